The number of carboxylic acids is 1. The lowest BCUT2D eigenvalue weighted by Gasteiger charge is -2.15. The quantitative estimate of drug-likeness (QED) is 0.408. The number of aromatic carboxylic acids is 1. The van der Waals surface area contributed by atoms with Gasteiger partial charge in [-0.05, 0) is 60.5 Å². The predicted molar refractivity (Wildman–Crippen MR) is 124 cm³/mol. The standard InChI is InChI=1S/C25H20FN3O5/c1-14(16-4-6-17(7-5-16)24(32)33)29-23(31)20-12-18(8-11-21(20)28-25(29)34)22(30)27-13-15-2-9-19(26)10-3-15/h2-12,14H,13H2,1H3,(H,27,30)(H,28,34)(H,32,33). The van der Waals surface area contributed by atoms with Gasteiger partial charge in [-0.1, -0.05) is 24.3 Å². The lowest BCUT2D eigenvalue weighted by atomic mass is 10.1. The van der Waals surface area contributed by atoms with E-state index in [1.807, 2.05) is 0 Å². The molecule has 1 heterocycles. The molecule has 0 saturated carbocycles. The molecule has 0 saturated heterocycles. The van der Waals surface area contributed by atoms with Gasteiger partial charge in [-0.2, -0.15) is 0 Å². The van der Waals surface area contributed by atoms with E-state index < -0.39 is 29.2 Å². The molecule has 1 amide bonds. The fourth-order valence-electron chi connectivity index (χ4n) is 3.66. The smallest absolute Gasteiger partial charge is 0.335 e. The van der Waals surface area contributed by atoms with Crippen molar-refractivity contribution in [1.82, 2.24) is 14.9 Å². The van der Waals surface area contributed by atoms with Crippen LogP contribution in [0.1, 0.15) is 44.8 Å². The highest BCUT2D eigenvalue weighted by molar-refractivity contribution is 5.97. The van der Waals surface area contributed by atoms with Crippen molar-refractivity contribution in [2.45, 2.75) is 19.5 Å². The summed E-state index contributed by atoms with van der Waals surface area (Å²) in [5.74, 6) is -1.88. The summed E-state index contributed by atoms with van der Waals surface area (Å²) in [6.45, 7) is 1.83. The van der Waals surface area contributed by atoms with Gasteiger partial charge in [0.05, 0.1) is 22.5 Å². The summed E-state index contributed by atoms with van der Waals surface area (Å²) in [7, 11) is 0. The van der Waals surface area contributed by atoms with Crippen molar-refractivity contribution in [3.05, 3.63) is 116 Å². The number of fused-ring (bicyclic) bond motifs is 1. The third kappa shape index (κ3) is 4.49. The van der Waals surface area contributed by atoms with Gasteiger partial charge in [0.2, 0.25) is 0 Å². The Hall–Kier alpha value is -4.53. The highest BCUT2D eigenvalue weighted by atomic mass is 19.1. The Kier molecular flexibility index (Phi) is 6.09. The van der Waals surface area contributed by atoms with Gasteiger partial charge in [-0.15, -0.1) is 0 Å². The van der Waals surface area contributed by atoms with E-state index in [9.17, 15) is 23.6 Å². The van der Waals surface area contributed by atoms with Crippen molar-refractivity contribution in [1.29, 1.82) is 0 Å². The first-order valence-electron chi connectivity index (χ1n) is 10.4. The first-order chi connectivity index (χ1) is 16.2. The number of carboxylic acid groups (broad SMARTS) is 1. The van der Waals surface area contributed by atoms with Crippen LogP contribution in [0.15, 0.2) is 76.3 Å². The van der Waals surface area contributed by atoms with Crippen LogP contribution >= 0.6 is 0 Å². The van der Waals surface area contributed by atoms with Gasteiger partial charge in [0.25, 0.3) is 11.5 Å². The van der Waals surface area contributed by atoms with Crippen LogP contribution < -0.4 is 16.6 Å². The van der Waals surface area contributed by atoms with Crippen molar-refractivity contribution < 1.29 is 19.1 Å². The van der Waals surface area contributed by atoms with Crippen molar-refractivity contribution in [3.8, 4) is 0 Å². The molecule has 0 radical (unpaired) electrons. The zero-order chi connectivity index (χ0) is 24.4. The molecule has 1 atom stereocenters. The van der Waals surface area contributed by atoms with Crippen molar-refractivity contribution in [2.24, 2.45) is 0 Å². The average molecular weight is 461 g/mol. The van der Waals surface area contributed by atoms with Crippen LogP contribution in [-0.2, 0) is 6.54 Å². The van der Waals surface area contributed by atoms with Gasteiger partial charge in [0.1, 0.15) is 5.82 Å². The normalized spacial score (nSPS) is 11.8. The number of H-pyrrole nitrogens is 1. The van der Waals surface area contributed by atoms with Gasteiger partial charge < -0.3 is 15.4 Å². The average Bonchev–Trinajstić information content (AvgIpc) is 2.83. The van der Waals surface area contributed by atoms with E-state index >= 15 is 0 Å². The molecule has 0 aliphatic heterocycles. The van der Waals surface area contributed by atoms with E-state index in [1.165, 1.54) is 42.5 Å². The lowest BCUT2D eigenvalue weighted by Crippen LogP contribution is -2.37. The largest absolute Gasteiger partial charge is 0.478 e. The molecule has 8 nitrogen and oxygen atoms in total. The molecule has 0 fully saturated rings. The molecule has 9 heteroatoms. The summed E-state index contributed by atoms with van der Waals surface area (Å²) in [6.07, 6.45) is 0. The number of rotatable bonds is 6. The first-order valence-corrected chi connectivity index (χ1v) is 10.4. The van der Waals surface area contributed by atoms with Crippen LogP contribution in [0.4, 0.5) is 4.39 Å². The summed E-state index contributed by atoms with van der Waals surface area (Å²) < 4.78 is 14.1. The number of amides is 1. The predicted octanol–water partition coefficient (Wildman–Crippen LogP) is 3.07. The van der Waals surface area contributed by atoms with Gasteiger partial charge >= 0.3 is 11.7 Å². The fraction of sp³-hybridized carbons (Fsp3) is 0.120. The van der Waals surface area contributed by atoms with Gasteiger partial charge in [0, 0.05) is 12.1 Å². The van der Waals surface area contributed by atoms with Crippen LogP contribution in [0.3, 0.4) is 0 Å². The Labute approximate surface area is 192 Å². The lowest BCUT2D eigenvalue weighted by molar-refractivity contribution is 0.0696. The number of halogens is 1. The van der Waals surface area contributed by atoms with Gasteiger partial charge in [0.15, 0.2) is 0 Å². The Morgan fingerprint density at radius 2 is 1.65 bits per heavy atom. The maximum absolute atomic E-state index is 13.2. The Morgan fingerprint density at radius 1 is 1.00 bits per heavy atom. The minimum Gasteiger partial charge on any atom is -0.478 e. The zero-order valence-corrected chi connectivity index (χ0v) is 18.0. The summed E-state index contributed by atoms with van der Waals surface area (Å²) >= 11 is 0. The molecule has 4 rings (SSSR count). The molecule has 34 heavy (non-hydrogen) atoms. The number of aromatic amines is 1. The Morgan fingerprint density at radius 3 is 2.29 bits per heavy atom. The number of carbonyl (C=O) groups excluding carboxylic acids is 1. The van der Waals surface area contributed by atoms with Crippen LogP contribution in [-0.4, -0.2) is 26.5 Å². The molecule has 3 aromatic carbocycles. The third-order valence-corrected chi connectivity index (χ3v) is 5.59. The molecular formula is C25H20FN3O5. The molecule has 1 unspecified atom stereocenters. The Balaban J connectivity index is 1.65. The Bertz CT molecular complexity index is 1510. The minimum atomic E-state index is -1.08. The molecule has 0 bridgehead atoms. The highest BCUT2D eigenvalue weighted by Crippen LogP contribution is 2.17. The number of carbonyl (C=O) groups is 2. The minimum absolute atomic E-state index is 0.0898. The molecule has 0 aliphatic rings. The second kappa shape index (κ2) is 9.14. The van der Waals surface area contributed by atoms with E-state index in [0.29, 0.717) is 11.1 Å². The van der Waals surface area contributed by atoms with E-state index in [0.717, 1.165) is 4.57 Å². The maximum Gasteiger partial charge on any atom is 0.335 e. The summed E-state index contributed by atoms with van der Waals surface area (Å²) in [5.41, 5.74) is 0.684. The molecule has 172 valence electrons. The zero-order valence-electron chi connectivity index (χ0n) is 18.0. The topological polar surface area (TPSA) is 121 Å². The number of benzene rings is 3. The van der Waals surface area contributed by atoms with Gasteiger partial charge in [-0.25, -0.2) is 14.0 Å². The number of nitrogens with zero attached hydrogens (tertiary/aromatic N) is 1. The van der Waals surface area contributed by atoms with Crippen molar-refractivity contribution in [3.63, 3.8) is 0 Å². The monoisotopic (exact) mass is 461 g/mol. The SMILES string of the molecule is CC(c1ccc(C(=O)O)cc1)n1c(=O)[nH]c2ccc(C(=O)NCc3ccc(F)cc3)cc2c1=O. The molecule has 4 aromatic rings. The molecular weight excluding hydrogens is 441 g/mol. The fourth-order valence-corrected chi connectivity index (χ4v) is 3.66. The third-order valence-electron chi connectivity index (χ3n) is 5.59. The summed E-state index contributed by atoms with van der Waals surface area (Å²) in [4.78, 5) is 52.2. The summed E-state index contributed by atoms with van der Waals surface area (Å²) in [5, 5.41) is 11.9. The maximum atomic E-state index is 13.2. The van der Waals surface area contributed by atoms with Crippen molar-refractivity contribution in [2.75, 3.05) is 0 Å². The highest BCUT2D eigenvalue weighted by Gasteiger charge is 2.17. The molecule has 0 spiro atoms. The second-order valence-corrected chi connectivity index (χ2v) is 7.78. The van der Waals surface area contributed by atoms with E-state index in [2.05, 4.69) is 10.3 Å². The van der Waals surface area contributed by atoms with Crippen LogP contribution in [0.2, 0.25) is 0 Å². The number of aromatic nitrogens is 2. The van der Waals surface area contributed by atoms with Crippen molar-refractivity contribution >= 4 is 22.8 Å². The number of nitrogens with one attached hydrogen (secondary N) is 2. The van der Waals surface area contributed by atoms with E-state index in [4.69, 9.17) is 5.11 Å². The van der Waals surface area contributed by atoms with E-state index in [1.54, 1.807) is 31.2 Å². The van der Waals surface area contributed by atoms with Gasteiger partial charge in [-0.3, -0.25) is 14.2 Å². The molecule has 0 aliphatic carbocycles. The number of hydrogen-bond acceptors (Lipinski definition) is 4. The van der Waals surface area contributed by atoms with Crippen LogP contribution in [0.25, 0.3) is 10.9 Å². The van der Waals surface area contributed by atoms with E-state index in [-0.39, 0.29) is 34.4 Å². The molecule has 3 N–H and O–H groups in total. The number of hydrogen-bond donors (Lipinski definition) is 3. The molecule has 1 aromatic heterocycles. The summed E-state index contributed by atoms with van der Waals surface area (Å²) in [6, 6.07) is 15.3. The van der Waals surface area contributed by atoms with Crippen LogP contribution in [0, 0.1) is 5.82 Å². The second-order valence-electron chi connectivity index (χ2n) is 7.78. The van der Waals surface area contributed by atoms with Crippen LogP contribution in [0.5, 0.6) is 0 Å². The first kappa shape index (κ1) is 22.7.